The highest BCUT2D eigenvalue weighted by Crippen LogP contribution is 2.56. The summed E-state index contributed by atoms with van der Waals surface area (Å²) in [7, 11) is -4.09. The number of nitrogens with one attached hydrogen (secondary N) is 2. The average molecular weight is 613 g/mol. The maximum atomic E-state index is 13.8. The highest BCUT2D eigenvalue weighted by Gasteiger charge is 2.59. The van der Waals surface area contributed by atoms with Gasteiger partial charge in [0, 0.05) is 29.9 Å². The van der Waals surface area contributed by atoms with Crippen molar-refractivity contribution in [2.75, 3.05) is 11.9 Å². The Hall–Kier alpha value is -2.89. The molecule has 2 amide bonds. The zero-order valence-corrected chi connectivity index (χ0v) is 24.4. The van der Waals surface area contributed by atoms with Crippen LogP contribution >= 0.6 is 11.6 Å². The summed E-state index contributed by atoms with van der Waals surface area (Å²) in [5, 5.41) is 15.6. The molecule has 222 valence electrons. The van der Waals surface area contributed by atoms with Crippen LogP contribution in [0.2, 0.25) is 5.02 Å². The summed E-state index contributed by atoms with van der Waals surface area (Å²) < 4.78 is 68.0. The molecule has 2 aromatic carbocycles. The van der Waals surface area contributed by atoms with Gasteiger partial charge in [0.25, 0.3) is 5.91 Å². The predicted octanol–water partition coefficient (Wildman–Crippen LogP) is 5.42. The second-order valence-corrected chi connectivity index (χ2v) is 13.9. The predicted molar refractivity (Wildman–Crippen MR) is 149 cm³/mol. The quantitative estimate of drug-likeness (QED) is 0.272. The van der Waals surface area contributed by atoms with Gasteiger partial charge in [-0.2, -0.15) is 0 Å². The Balaban J connectivity index is 1.54. The Labute approximate surface area is 242 Å². The first-order valence-electron chi connectivity index (χ1n) is 13.2. The number of hydrogen-bond donors (Lipinski definition) is 3. The summed E-state index contributed by atoms with van der Waals surface area (Å²) in [4.78, 5) is 25.1. The Bertz CT molecular complexity index is 1490. The van der Waals surface area contributed by atoms with E-state index in [1.165, 1.54) is 12.1 Å². The molecular formula is C29H32ClF3N2O5S. The number of amides is 2. The van der Waals surface area contributed by atoms with Gasteiger partial charge in [-0.25, -0.2) is 21.6 Å². The lowest BCUT2D eigenvalue weighted by Gasteiger charge is -2.42. The molecule has 2 fully saturated rings. The molecule has 3 N–H and O–H groups in total. The number of benzene rings is 2. The Morgan fingerprint density at radius 3 is 2.37 bits per heavy atom. The Kier molecular flexibility index (Phi) is 8.92. The SMILES string of the molecule is CC(C)=CCNC(=O)C[C@@]1(O)C2C[C@@H](S(=O)(=O)c3cc(C(=O)Nc4cc(F)c(F)c(F)c4)ccc3Cl)C[C@@H]1[C@@H](C)C2. The third-order valence-electron chi connectivity index (χ3n) is 8.19. The van der Waals surface area contributed by atoms with Crippen LogP contribution in [-0.2, 0) is 14.6 Å². The van der Waals surface area contributed by atoms with Crippen LogP contribution in [0.5, 0.6) is 0 Å². The van der Waals surface area contributed by atoms with Gasteiger partial charge < -0.3 is 15.7 Å². The van der Waals surface area contributed by atoms with E-state index in [9.17, 15) is 36.3 Å². The van der Waals surface area contributed by atoms with Gasteiger partial charge in [-0.15, -0.1) is 0 Å². The first-order valence-corrected chi connectivity index (χ1v) is 15.2. The van der Waals surface area contributed by atoms with Gasteiger partial charge >= 0.3 is 0 Å². The summed E-state index contributed by atoms with van der Waals surface area (Å²) >= 11 is 6.28. The molecule has 5 atom stereocenters. The number of sulfone groups is 1. The number of hydrogen-bond acceptors (Lipinski definition) is 5. The van der Waals surface area contributed by atoms with Gasteiger partial charge in [0.15, 0.2) is 27.3 Å². The number of carbonyl (C=O) groups excluding carboxylic acids is 2. The van der Waals surface area contributed by atoms with Crippen molar-refractivity contribution < 1.29 is 36.3 Å². The fraction of sp³-hybridized carbons (Fsp3) is 0.448. The molecule has 7 nitrogen and oxygen atoms in total. The standard InChI is InChI=1S/C29H32ClF3N2O5S/c1-15(2)6-7-34-26(36)14-29(38)18-8-16(3)21(29)13-20(10-18)41(39,40)25-9-17(4-5-22(25)30)28(37)35-19-11-23(31)27(33)24(32)12-19/h4-6,9,11-12,16,18,20-21,38H,7-8,10,13-14H2,1-3H3,(H,34,36)(H,35,37)/t16-,18?,20+,21+,29+/m0/s1. The minimum Gasteiger partial charge on any atom is -0.389 e. The molecule has 0 radical (unpaired) electrons. The molecule has 2 saturated carbocycles. The maximum absolute atomic E-state index is 13.8. The van der Waals surface area contributed by atoms with E-state index >= 15 is 0 Å². The molecule has 2 bridgehead atoms. The number of fused-ring (bicyclic) bond motifs is 2. The molecule has 0 saturated heterocycles. The van der Waals surface area contributed by atoms with Crippen LogP contribution in [-0.4, -0.2) is 42.7 Å². The zero-order chi connectivity index (χ0) is 30.3. The van der Waals surface area contributed by atoms with Crippen molar-refractivity contribution in [3.63, 3.8) is 0 Å². The first-order chi connectivity index (χ1) is 19.1. The highest BCUT2D eigenvalue weighted by molar-refractivity contribution is 7.92. The van der Waals surface area contributed by atoms with Gasteiger partial charge in [0.1, 0.15) is 0 Å². The van der Waals surface area contributed by atoms with Crippen molar-refractivity contribution in [3.8, 4) is 0 Å². The maximum Gasteiger partial charge on any atom is 0.255 e. The molecule has 0 aliphatic heterocycles. The normalized spacial score (nSPS) is 25.5. The van der Waals surface area contributed by atoms with Crippen LogP contribution in [0.3, 0.4) is 0 Å². The van der Waals surface area contributed by atoms with E-state index in [1.807, 2.05) is 26.8 Å². The number of allylic oxidation sites excluding steroid dienone is 1. The topological polar surface area (TPSA) is 113 Å². The second kappa shape index (κ2) is 11.8. The lowest BCUT2D eigenvalue weighted by molar-refractivity contribution is -0.133. The van der Waals surface area contributed by atoms with E-state index in [2.05, 4.69) is 10.6 Å². The molecule has 0 spiro atoms. The minimum absolute atomic E-state index is 0.0140. The smallest absolute Gasteiger partial charge is 0.255 e. The van der Waals surface area contributed by atoms with E-state index in [-0.39, 0.29) is 52.3 Å². The molecular weight excluding hydrogens is 581 g/mol. The third kappa shape index (κ3) is 6.32. The summed E-state index contributed by atoms with van der Waals surface area (Å²) in [6.45, 7) is 6.09. The average Bonchev–Trinajstić information content (AvgIpc) is 3.00. The number of anilines is 1. The van der Waals surface area contributed by atoms with Crippen LogP contribution in [0.15, 0.2) is 46.9 Å². The summed E-state index contributed by atoms with van der Waals surface area (Å²) in [6.07, 6.45) is 2.52. The summed E-state index contributed by atoms with van der Waals surface area (Å²) in [6, 6.07) is 4.79. The molecule has 0 heterocycles. The Morgan fingerprint density at radius 2 is 1.76 bits per heavy atom. The second-order valence-electron chi connectivity index (χ2n) is 11.3. The van der Waals surface area contributed by atoms with Gasteiger partial charge in [-0.3, -0.25) is 9.59 Å². The number of rotatable bonds is 8. The first kappa shape index (κ1) is 31.1. The van der Waals surface area contributed by atoms with Gasteiger partial charge in [-0.05, 0) is 69.1 Å². The molecule has 2 aliphatic rings. The van der Waals surface area contributed by atoms with Crippen molar-refractivity contribution in [3.05, 3.63) is 70.0 Å². The minimum atomic E-state index is -4.09. The summed E-state index contributed by atoms with van der Waals surface area (Å²) in [5.74, 6) is -6.75. The fourth-order valence-corrected chi connectivity index (χ4v) is 8.51. The van der Waals surface area contributed by atoms with Crippen molar-refractivity contribution in [2.24, 2.45) is 17.8 Å². The van der Waals surface area contributed by atoms with Crippen LogP contribution in [0.4, 0.5) is 18.9 Å². The molecule has 2 aliphatic carbocycles. The van der Waals surface area contributed by atoms with E-state index in [0.717, 1.165) is 11.6 Å². The lowest BCUT2D eigenvalue weighted by atomic mass is 9.71. The highest BCUT2D eigenvalue weighted by atomic mass is 35.5. The molecule has 0 aromatic heterocycles. The zero-order valence-electron chi connectivity index (χ0n) is 22.8. The monoisotopic (exact) mass is 612 g/mol. The number of carbonyl (C=O) groups is 2. The fourth-order valence-electron chi connectivity index (χ4n) is 6.14. The van der Waals surface area contributed by atoms with Crippen molar-refractivity contribution >= 4 is 38.9 Å². The summed E-state index contributed by atoms with van der Waals surface area (Å²) in [5.41, 5.74) is -0.796. The third-order valence-corrected chi connectivity index (χ3v) is 10.8. The van der Waals surface area contributed by atoms with E-state index in [0.29, 0.717) is 25.1 Å². The van der Waals surface area contributed by atoms with Crippen LogP contribution in [0.25, 0.3) is 0 Å². The molecule has 41 heavy (non-hydrogen) atoms. The van der Waals surface area contributed by atoms with Crippen molar-refractivity contribution in [2.45, 2.75) is 62.2 Å². The van der Waals surface area contributed by atoms with Crippen LogP contribution in [0.1, 0.15) is 56.8 Å². The molecule has 2 aromatic rings. The van der Waals surface area contributed by atoms with Gasteiger partial charge in [0.05, 0.1) is 27.2 Å². The van der Waals surface area contributed by atoms with E-state index in [1.54, 1.807) is 0 Å². The largest absolute Gasteiger partial charge is 0.389 e. The van der Waals surface area contributed by atoms with Gasteiger partial charge in [0.2, 0.25) is 5.91 Å². The van der Waals surface area contributed by atoms with Crippen LogP contribution in [0, 0.1) is 35.2 Å². The van der Waals surface area contributed by atoms with E-state index < -0.39 is 55.9 Å². The molecule has 4 rings (SSSR count). The van der Waals surface area contributed by atoms with E-state index in [4.69, 9.17) is 11.6 Å². The Morgan fingerprint density at radius 1 is 1.10 bits per heavy atom. The number of halogens is 4. The molecule has 1 unspecified atom stereocenters. The number of aliphatic hydroxyl groups is 1. The van der Waals surface area contributed by atoms with Crippen LogP contribution < -0.4 is 10.6 Å². The van der Waals surface area contributed by atoms with Crippen molar-refractivity contribution in [1.29, 1.82) is 0 Å². The van der Waals surface area contributed by atoms with Crippen molar-refractivity contribution in [1.82, 2.24) is 5.32 Å². The lowest BCUT2D eigenvalue weighted by Crippen LogP contribution is -2.51. The molecule has 12 heteroatoms. The van der Waals surface area contributed by atoms with Gasteiger partial charge in [-0.1, -0.05) is 30.2 Å².